The molecule has 2 N–H and O–H groups in total. The number of amides is 2. The summed E-state index contributed by atoms with van der Waals surface area (Å²) in [7, 11) is 0. The number of hydrogen-bond acceptors (Lipinski definition) is 5. The van der Waals surface area contributed by atoms with Crippen molar-refractivity contribution in [3.05, 3.63) is 17.5 Å². The number of carboxylic acid groups (broad SMARTS) is 1. The Hall–Kier alpha value is -2.09. The number of carboxylic acids is 1. The van der Waals surface area contributed by atoms with E-state index < -0.39 is 5.97 Å². The molecule has 1 saturated heterocycles. The number of hydrogen-bond donors (Lipinski definition) is 2. The van der Waals surface area contributed by atoms with E-state index in [0.717, 1.165) is 12.1 Å². The van der Waals surface area contributed by atoms with E-state index in [9.17, 15) is 9.59 Å². The first-order valence-electron chi connectivity index (χ1n) is 6.93. The molecule has 0 bridgehead atoms. The minimum Gasteiger partial charge on any atom is -0.480 e. The lowest BCUT2D eigenvalue weighted by molar-refractivity contribution is -0.138. The van der Waals surface area contributed by atoms with E-state index in [4.69, 9.17) is 9.63 Å². The molecule has 2 rings (SSSR count). The van der Waals surface area contributed by atoms with Crippen molar-refractivity contribution in [1.82, 2.24) is 20.3 Å². The minimum absolute atomic E-state index is 0.0206. The van der Waals surface area contributed by atoms with Crippen molar-refractivity contribution in [2.24, 2.45) is 0 Å². The Morgan fingerprint density at radius 1 is 1.38 bits per heavy atom. The summed E-state index contributed by atoms with van der Waals surface area (Å²) in [6, 6.07) is 1.61. The first-order chi connectivity index (χ1) is 10.0. The number of rotatable bonds is 4. The van der Waals surface area contributed by atoms with Crippen molar-refractivity contribution in [1.29, 1.82) is 0 Å². The van der Waals surface area contributed by atoms with Crippen LogP contribution >= 0.6 is 0 Å². The molecule has 2 heterocycles. The Morgan fingerprint density at radius 3 is 2.86 bits per heavy atom. The Morgan fingerprint density at radius 2 is 2.19 bits per heavy atom. The molecule has 1 fully saturated rings. The van der Waals surface area contributed by atoms with Crippen molar-refractivity contribution >= 4 is 12.0 Å². The maximum atomic E-state index is 12.1. The third-order valence-corrected chi connectivity index (χ3v) is 3.33. The normalized spacial score (nSPS) is 16.5. The van der Waals surface area contributed by atoms with Gasteiger partial charge in [-0.05, 0) is 13.3 Å². The largest absolute Gasteiger partial charge is 0.480 e. The number of nitrogens with one attached hydrogen (secondary N) is 1. The summed E-state index contributed by atoms with van der Waals surface area (Å²) in [4.78, 5) is 26.3. The fourth-order valence-electron chi connectivity index (χ4n) is 2.30. The van der Waals surface area contributed by atoms with Gasteiger partial charge in [0.1, 0.15) is 0 Å². The van der Waals surface area contributed by atoms with Crippen molar-refractivity contribution in [3.63, 3.8) is 0 Å². The summed E-state index contributed by atoms with van der Waals surface area (Å²) < 4.78 is 5.03. The molecule has 0 unspecified atom stereocenters. The molecule has 1 aliphatic rings. The summed E-state index contributed by atoms with van der Waals surface area (Å²) in [5.41, 5.74) is 0.776. The number of carbonyl (C=O) groups is 2. The van der Waals surface area contributed by atoms with Gasteiger partial charge in [0, 0.05) is 32.2 Å². The van der Waals surface area contributed by atoms with Gasteiger partial charge in [0.2, 0.25) is 0 Å². The second kappa shape index (κ2) is 7.07. The highest BCUT2D eigenvalue weighted by atomic mass is 16.5. The van der Waals surface area contributed by atoms with E-state index in [0.29, 0.717) is 38.5 Å². The Labute approximate surface area is 122 Å². The quantitative estimate of drug-likeness (QED) is 0.828. The predicted octanol–water partition coefficient (Wildman–Crippen LogP) is 0.285. The van der Waals surface area contributed by atoms with E-state index >= 15 is 0 Å². The fourth-order valence-corrected chi connectivity index (χ4v) is 2.30. The molecule has 8 nitrogen and oxygen atoms in total. The lowest BCUT2D eigenvalue weighted by atomic mass is 10.4. The number of aryl methyl sites for hydroxylation is 1. The number of aromatic nitrogens is 1. The van der Waals surface area contributed by atoms with E-state index in [1.807, 2.05) is 11.8 Å². The Kier molecular flexibility index (Phi) is 5.15. The van der Waals surface area contributed by atoms with Gasteiger partial charge in [0.25, 0.3) is 0 Å². The molecule has 2 amide bonds. The van der Waals surface area contributed by atoms with Crippen LogP contribution in [0.4, 0.5) is 4.79 Å². The lowest BCUT2D eigenvalue weighted by Gasteiger charge is -2.21. The van der Waals surface area contributed by atoms with Gasteiger partial charge in [0.15, 0.2) is 5.76 Å². The van der Waals surface area contributed by atoms with Gasteiger partial charge in [-0.25, -0.2) is 4.79 Å². The molecule has 21 heavy (non-hydrogen) atoms. The minimum atomic E-state index is -0.839. The van der Waals surface area contributed by atoms with Crippen LogP contribution in [-0.4, -0.2) is 64.8 Å². The monoisotopic (exact) mass is 296 g/mol. The van der Waals surface area contributed by atoms with E-state index in [1.165, 1.54) is 0 Å². The summed E-state index contributed by atoms with van der Waals surface area (Å²) >= 11 is 0. The van der Waals surface area contributed by atoms with Crippen LogP contribution in [0.25, 0.3) is 0 Å². The van der Waals surface area contributed by atoms with Gasteiger partial charge < -0.3 is 19.8 Å². The van der Waals surface area contributed by atoms with E-state index in [1.54, 1.807) is 11.0 Å². The first kappa shape index (κ1) is 15.3. The van der Waals surface area contributed by atoms with Gasteiger partial charge >= 0.3 is 12.0 Å². The molecule has 1 aromatic heterocycles. The zero-order valence-corrected chi connectivity index (χ0v) is 12.0. The first-order valence-corrected chi connectivity index (χ1v) is 6.93. The molecule has 116 valence electrons. The molecule has 0 aliphatic carbocycles. The Balaban J connectivity index is 1.78. The van der Waals surface area contributed by atoms with Crippen molar-refractivity contribution in [3.8, 4) is 0 Å². The molecule has 1 aliphatic heterocycles. The van der Waals surface area contributed by atoms with Crippen molar-refractivity contribution in [2.45, 2.75) is 19.9 Å². The van der Waals surface area contributed by atoms with Crippen LogP contribution in [0.1, 0.15) is 17.9 Å². The standard InChI is InChI=1S/C13H20N4O4/c1-10-7-11(21-15-10)8-14-13(20)17-4-2-3-16(5-6-17)9-12(18)19/h7H,2-6,8-9H2,1H3,(H,14,20)(H,18,19). The highest BCUT2D eigenvalue weighted by molar-refractivity contribution is 5.74. The molecular weight excluding hydrogens is 276 g/mol. The smallest absolute Gasteiger partial charge is 0.317 e. The topological polar surface area (TPSA) is 98.9 Å². The zero-order chi connectivity index (χ0) is 15.2. The zero-order valence-electron chi connectivity index (χ0n) is 12.0. The van der Waals surface area contributed by atoms with Gasteiger partial charge in [-0.3, -0.25) is 9.69 Å². The van der Waals surface area contributed by atoms with Crippen LogP contribution in [0.3, 0.4) is 0 Å². The molecule has 0 saturated carbocycles. The summed E-state index contributed by atoms with van der Waals surface area (Å²) in [6.45, 7) is 4.55. The van der Waals surface area contributed by atoms with Gasteiger partial charge in [-0.15, -0.1) is 0 Å². The maximum Gasteiger partial charge on any atom is 0.317 e. The number of urea groups is 1. The number of carbonyl (C=O) groups excluding carboxylic acids is 1. The maximum absolute atomic E-state index is 12.1. The van der Waals surface area contributed by atoms with Crippen molar-refractivity contribution in [2.75, 3.05) is 32.7 Å². The molecular formula is C13H20N4O4. The molecule has 0 aromatic carbocycles. The number of nitrogens with zero attached hydrogens (tertiary/aromatic N) is 3. The molecule has 8 heteroatoms. The average Bonchev–Trinajstić information content (AvgIpc) is 2.70. The summed E-state index contributed by atoms with van der Waals surface area (Å²) in [6.07, 6.45) is 0.766. The van der Waals surface area contributed by atoms with Gasteiger partial charge in [-0.1, -0.05) is 5.16 Å². The highest BCUT2D eigenvalue weighted by Gasteiger charge is 2.20. The van der Waals surface area contributed by atoms with Crippen LogP contribution < -0.4 is 5.32 Å². The van der Waals surface area contributed by atoms with E-state index in [2.05, 4.69) is 10.5 Å². The van der Waals surface area contributed by atoms with Crippen LogP contribution in [0, 0.1) is 6.92 Å². The molecule has 1 aromatic rings. The average molecular weight is 296 g/mol. The molecule has 0 radical (unpaired) electrons. The third kappa shape index (κ3) is 4.75. The van der Waals surface area contributed by atoms with Crippen LogP contribution in [0.15, 0.2) is 10.6 Å². The number of aliphatic carboxylic acids is 1. The lowest BCUT2D eigenvalue weighted by Crippen LogP contribution is -2.42. The van der Waals surface area contributed by atoms with Gasteiger partial charge in [0.05, 0.1) is 18.8 Å². The fraction of sp³-hybridized carbons (Fsp3) is 0.615. The highest BCUT2D eigenvalue weighted by Crippen LogP contribution is 2.05. The van der Waals surface area contributed by atoms with Crippen LogP contribution in [0.5, 0.6) is 0 Å². The predicted molar refractivity (Wildman–Crippen MR) is 73.7 cm³/mol. The molecule has 0 atom stereocenters. The molecule has 0 spiro atoms. The second-order valence-electron chi connectivity index (χ2n) is 5.10. The van der Waals surface area contributed by atoms with Crippen LogP contribution in [0.2, 0.25) is 0 Å². The second-order valence-corrected chi connectivity index (χ2v) is 5.10. The van der Waals surface area contributed by atoms with E-state index in [-0.39, 0.29) is 12.6 Å². The SMILES string of the molecule is Cc1cc(CNC(=O)N2CCCN(CC(=O)O)CC2)on1. The summed E-state index contributed by atoms with van der Waals surface area (Å²) in [5.74, 6) is -0.225. The van der Waals surface area contributed by atoms with Crippen molar-refractivity contribution < 1.29 is 19.2 Å². The van der Waals surface area contributed by atoms with Gasteiger partial charge in [-0.2, -0.15) is 0 Å². The Bertz CT molecular complexity index is 502. The van der Waals surface area contributed by atoms with Crippen LogP contribution in [-0.2, 0) is 11.3 Å². The third-order valence-electron chi connectivity index (χ3n) is 3.33. The summed E-state index contributed by atoms with van der Waals surface area (Å²) in [5, 5.41) is 15.3.